The SMILES string of the molecule is CCC1CCNC(CNCC2CC2(C)C)C1. The van der Waals surface area contributed by atoms with Crippen molar-refractivity contribution in [1.82, 2.24) is 10.6 Å². The molecule has 2 heteroatoms. The quantitative estimate of drug-likeness (QED) is 0.749. The van der Waals surface area contributed by atoms with Crippen LogP contribution in [0.25, 0.3) is 0 Å². The van der Waals surface area contributed by atoms with E-state index in [2.05, 4.69) is 31.4 Å². The molecule has 0 spiro atoms. The lowest BCUT2D eigenvalue weighted by Crippen LogP contribution is -2.44. The lowest BCUT2D eigenvalue weighted by atomic mass is 9.90. The van der Waals surface area contributed by atoms with Gasteiger partial charge in [0, 0.05) is 12.6 Å². The highest BCUT2D eigenvalue weighted by Gasteiger charge is 2.44. The molecular weight excluding hydrogens is 196 g/mol. The molecule has 0 aromatic heterocycles. The molecule has 0 aromatic rings. The summed E-state index contributed by atoms with van der Waals surface area (Å²) in [7, 11) is 0. The molecule has 1 saturated heterocycles. The average Bonchev–Trinajstić information content (AvgIpc) is 2.87. The Morgan fingerprint density at radius 1 is 1.31 bits per heavy atom. The van der Waals surface area contributed by atoms with Crippen LogP contribution in [-0.4, -0.2) is 25.7 Å². The third-order valence-electron chi connectivity index (χ3n) is 4.68. The van der Waals surface area contributed by atoms with Crippen molar-refractivity contribution in [2.75, 3.05) is 19.6 Å². The fourth-order valence-corrected chi connectivity index (χ4v) is 2.98. The van der Waals surface area contributed by atoms with Crippen LogP contribution in [0, 0.1) is 17.3 Å². The van der Waals surface area contributed by atoms with Crippen molar-refractivity contribution in [1.29, 1.82) is 0 Å². The molecule has 0 bridgehead atoms. The summed E-state index contributed by atoms with van der Waals surface area (Å²) in [6.45, 7) is 10.7. The Bertz CT molecular complexity index is 225. The van der Waals surface area contributed by atoms with E-state index < -0.39 is 0 Å². The summed E-state index contributed by atoms with van der Waals surface area (Å²) >= 11 is 0. The zero-order valence-corrected chi connectivity index (χ0v) is 11.2. The predicted octanol–water partition coefficient (Wildman–Crippen LogP) is 2.40. The molecule has 3 unspecified atom stereocenters. The molecule has 2 fully saturated rings. The van der Waals surface area contributed by atoms with Crippen molar-refractivity contribution >= 4 is 0 Å². The first kappa shape index (κ1) is 12.4. The first-order chi connectivity index (χ1) is 7.62. The Morgan fingerprint density at radius 2 is 2.06 bits per heavy atom. The topological polar surface area (TPSA) is 24.1 Å². The van der Waals surface area contributed by atoms with Crippen LogP contribution in [0.2, 0.25) is 0 Å². The summed E-state index contributed by atoms with van der Waals surface area (Å²) in [5.74, 6) is 1.89. The van der Waals surface area contributed by atoms with E-state index in [1.165, 1.54) is 45.3 Å². The third-order valence-corrected chi connectivity index (χ3v) is 4.68. The molecule has 2 N–H and O–H groups in total. The van der Waals surface area contributed by atoms with Crippen LogP contribution in [0.3, 0.4) is 0 Å². The molecule has 16 heavy (non-hydrogen) atoms. The Kier molecular flexibility index (Phi) is 3.91. The second-order valence-corrected chi connectivity index (χ2v) is 6.50. The van der Waals surface area contributed by atoms with Crippen LogP contribution in [0.15, 0.2) is 0 Å². The molecule has 0 amide bonds. The minimum atomic E-state index is 0.624. The van der Waals surface area contributed by atoms with Crippen LogP contribution in [0.1, 0.15) is 46.5 Å². The van der Waals surface area contributed by atoms with Gasteiger partial charge >= 0.3 is 0 Å². The highest BCUT2D eigenvalue weighted by atomic mass is 15.0. The van der Waals surface area contributed by atoms with Gasteiger partial charge < -0.3 is 10.6 Å². The monoisotopic (exact) mass is 224 g/mol. The molecule has 94 valence electrons. The fraction of sp³-hybridized carbons (Fsp3) is 1.00. The molecule has 0 radical (unpaired) electrons. The highest BCUT2D eigenvalue weighted by Crippen LogP contribution is 2.50. The van der Waals surface area contributed by atoms with Gasteiger partial charge in [-0.25, -0.2) is 0 Å². The van der Waals surface area contributed by atoms with Gasteiger partial charge in [0.2, 0.25) is 0 Å². The van der Waals surface area contributed by atoms with Gasteiger partial charge in [-0.1, -0.05) is 27.2 Å². The zero-order valence-electron chi connectivity index (χ0n) is 11.2. The molecule has 0 aromatic carbocycles. The molecular formula is C14H28N2. The van der Waals surface area contributed by atoms with Crippen molar-refractivity contribution < 1.29 is 0 Å². The highest BCUT2D eigenvalue weighted by molar-refractivity contribution is 4.96. The van der Waals surface area contributed by atoms with Crippen molar-refractivity contribution in [2.45, 2.75) is 52.5 Å². The van der Waals surface area contributed by atoms with Crippen LogP contribution in [-0.2, 0) is 0 Å². The molecule has 1 heterocycles. The molecule has 1 aliphatic heterocycles. The lowest BCUT2D eigenvalue weighted by molar-refractivity contribution is 0.286. The maximum atomic E-state index is 3.65. The summed E-state index contributed by atoms with van der Waals surface area (Å²) in [6.07, 6.45) is 5.52. The van der Waals surface area contributed by atoms with Crippen molar-refractivity contribution in [3.8, 4) is 0 Å². The van der Waals surface area contributed by atoms with E-state index in [1.54, 1.807) is 0 Å². The summed E-state index contributed by atoms with van der Waals surface area (Å²) in [5.41, 5.74) is 0.624. The Labute approximate surface area is 101 Å². The van der Waals surface area contributed by atoms with Crippen molar-refractivity contribution in [3.63, 3.8) is 0 Å². The van der Waals surface area contributed by atoms with E-state index in [1.807, 2.05) is 0 Å². The predicted molar refractivity (Wildman–Crippen MR) is 69.6 cm³/mol. The maximum Gasteiger partial charge on any atom is 0.0195 e. The standard InChI is InChI=1S/C14H28N2/c1-4-11-5-6-16-13(7-11)10-15-9-12-8-14(12,2)3/h11-13,15-16H,4-10H2,1-3H3. The van der Waals surface area contributed by atoms with Gasteiger partial charge in [-0.05, 0) is 49.6 Å². The summed E-state index contributed by atoms with van der Waals surface area (Å²) < 4.78 is 0. The van der Waals surface area contributed by atoms with Gasteiger partial charge in [0.1, 0.15) is 0 Å². The normalized spacial score (nSPS) is 37.3. The Hall–Kier alpha value is -0.0800. The number of rotatable bonds is 5. The first-order valence-electron chi connectivity index (χ1n) is 7.06. The largest absolute Gasteiger partial charge is 0.315 e. The molecule has 2 rings (SSSR count). The van der Waals surface area contributed by atoms with Gasteiger partial charge in [0.05, 0.1) is 0 Å². The number of piperidine rings is 1. The second-order valence-electron chi connectivity index (χ2n) is 6.50. The van der Waals surface area contributed by atoms with Crippen LogP contribution in [0.5, 0.6) is 0 Å². The Morgan fingerprint density at radius 3 is 2.69 bits per heavy atom. The summed E-state index contributed by atoms with van der Waals surface area (Å²) in [6, 6.07) is 0.723. The third kappa shape index (κ3) is 3.21. The molecule has 2 aliphatic rings. The van der Waals surface area contributed by atoms with Gasteiger partial charge in [-0.3, -0.25) is 0 Å². The van der Waals surface area contributed by atoms with Gasteiger partial charge in [0.15, 0.2) is 0 Å². The fourth-order valence-electron chi connectivity index (χ4n) is 2.98. The Balaban J connectivity index is 1.59. The van der Waals surface area contributed by atoms with Gasteiger partial charge in [-0.15, -0.1) is 0 Å². The van der Waals surface area contributed by atoms with Crippen LogP contribution < -0.4 is 10.6 Å². The van der Waals surface area contributed by atoms with Crippen LogP contribution in [0.4, 0.5) is 0 Å². The maximum absolute atomic E-state index is 3.65. The second kappa shape index (κ2) is 5.05. The van der Waals surface area contributed by atoms with E-state index in [0.29, 0.717) is 5.41 Å². The van der Waals surface area contributed by atoms with E-state index in [9.17, 15) is 0 Å². The minimum absolute atomic E-state index is 0.624. The molecule has 3 atom stereocenters. The minimum Gasteiger partial charge on any atom is -0.315 e. The summed E-state index contributed by atoms with van der Waals surface area (Å²) in [4.78, 5) is 0. The smallest absolute Gasteiger partial charge is 0.0195 e. The van der Waals surface area contributed by atoms with E-state index >= 15 is 0 Å². The van der Waals surface area contributed by atoms with Crippen molar-refractivity contribution in [2.24, 2.45) is 17.3 Å². The molecule has 1 aliphatic carbocycles. The number of nitrogens with one attached hydrogen (secondary N) is 2. The average molecular weight is 224 g/mol. The molecule has 1 saturated carbocycles. The van der Waals surface area contributed by atoms with E-state index in [0.717, 1.165) is 17.9 Å². The zero-order chi connectivity index (χ0) is 11.6. The molecule has 2 nitrogen and oxygen atoms in total. The number of hydrogen-bond donors (Lipinski definition) is 2. The van der Waals surface area contributed by atoms with E-state index in [4.69, 9.17) is 0 Å². The van der Waals surface area contributed by atoms with Gasteiger partial charge in [0.25, 0.3) is 0 Å². The van der Waals surface area contributed by atoms with Gasteiger partial charge in [-0.2, -0.15) is 0 Å². The first-order valence-corrected chi connectivity index (χ1v) is 7.06. The lowest BCUT2D eigenvalue weighted by Gasteiger charge is -2.30. The number of hydrogen-bond acceptors (Lipinski definition) is 2. The van der Waals surface area contributed by atoms with Crippen LogP contribution >= 0.6 is 0 Å². The van der Waals surface area contributed by atoms with Crippen molar-refractivity contribution in [3.05, 3.63) is 0 Å². The van der Waals surface area contributed by atoms with E-state index in [-0.39, 0.29) is 0 Å². The summed E-state index contributed by atoms with van der Waals surface area (Å²) in [5, 5.41) is 7.29.